The zero-order chi connectivity index (χ0) is 10.1. The summed E-state index contributed by atoms with van der Waals surface area (Å²) in [6, 6.07) is 6.29. The maximum atomic E-state index is 10.6. The van der Waals surface area contributed by atoms with Crippen molar-refractivity contribution < 1.29 is 13.5 Å². The second-order valence-corrected chi connectivity index (χ2v) is 4.40. The highest BCUT2D eigenvalue weighted by Gasteiger charge is 2.15. The van der Waals surface area contributed by atoms with E-state index in [9.17, 15) is 13.5 Å². The van der Waals surface area contributed by atoms with Gasteiger partial charge in [0.1, 0.15) is 0 Å². The number of benzene rings is 1. The first-order valence-electron chi connectivity index (χ1n) is 3.88. The van der Waals surface area contributed by atoms with E-state index < -0.39 is 16.3 Å². The van der Waals surface area contributed by atoms with E-state index in [4.69, 9.17) is 0 Å². The van der Waals surface area contributed by atoms with Crippen molar-refractivity contribution in [2.75, 3.05) is 0 Å². The summed E-state index contributed by atoms with van der Waals surface area (Å²) in [5.41, 5.74) is -0.398. The molecule has 13 heavy (non-hydrogen) atoms. The fraction of sp³-hybridized carbons (Fsp3) is 0.333. The van der Waals surface area contributed by atoms with E-state index in [1.165, 1.54) is 12.1 Å². The van der Waals surface area contributed by atoms with E-state index in [2.05, 4.69) is 0 Å². The lowest BCUT2D eigenvalue weighted by atomic mass is 9.99. The van der Waals surface area contributed by atoms with Crippen molar-refractivity contribution >= 4 is 10.7 Å². The van der Waals surface area contributed by atoms with Crippen molar-refractivity contribution in [3.05, 3.63) is 29.8 Å². The molecule has 1 rings (SSSR count). The SMILES string of the molecule is CC(C)(O)c1cccc([SH](=O)=O)c1. The second kappa shape index (κ2) is 3.47. The molecule has 0 amide bonds. The molecule has 0 heterocycles. The Hall–Kier alpha value is -0.870. The second-order valence-electron chi connectivity index (χ2n) is 3.37. The smallest absolute Gasteiger partial charge is 0.168 e. The lowest BCUT2D eigenvalue weighted by molar-refractivity contribution is 0.0784. The van der Waals surface area contributed by atoms with Gasteiger partial charge in [0.25, 0.3) is 0 Å². The minimum absolute atomic E-state index is 0.231. The molecule has 0 aliphatic heterocycles. The van der Waals surface area contributed by atoms with Crippen LogP contribution in [-0.2, 0) is 16.3 Å². The van der Waals surface area contributed by atoms with Crippen molar-refractivity contribution in [1.82, 2.24) is 0 Å². The lowest BCUT2D eigenvalue weighted by Gasteiger charge is -2.17. The Morgan fingerprint density at radius 2 is 1.92 bits per heavy atom. The zero-order valence-corrected chi connectivity index (χ0v) is 8.41. The van der Waals surface area contributed by atoms with Gasteiger partial charge in [-0.2, -0.15) is 0 Å². The lowest BCUT2D eigenvalue weighted by Crippen LogP contribution is -2.15. The van der Waals surface area contributed by atoms with Crippen LogP contribution < -0.4 is 0 Å². The molecule has 0 aliphatic carbocycles. The highest BCUT2D eigenvalue weighted by atomic mass is 32.2. The molecule has 4 heteroatoms. The van der Waals surface area contributed by atoms with Crippen LogP contribution in [-0.4, -0.2) is 13.5 Å². The van der Waals surface area contributed by atoms with Gasteiger partial charge in [-0.3, -0.25) is 0 Å². The van der Waals surface area contributed by atoms with Crippen molar-refractivity contribution in [3.63, 3.8) is 0 Å². The third-order valence-corrected chi connectivity index (χ3v) is 2.46. The van der Waals surface area contributed by atoms with E-state index in [0.29, 0.717) is 5.56 Å². The molecule has 72 valence electrons. The van der Waals surface area contributed by atoms with Gasteiger partial charge < -0.3 is 5.11 Å². The monoisotopic (exact) mass is 200 g/mol. The quantitative estimate of drug-likeness (QED) is 0.697. The van der Waals surface area contributed by atoms with Crippen molar-refractivity contribution in [2.45, 2.75) is 24.3 Å². The third-order valence-electron chi connectivity index (χ3n) is 1.76. The fourth-order valence-corrected chi connectivity index (χ4v) is 1.45. The standard InChI is InChI=1S/C9H12O3S/c1-9(2,10)7-4-3-5-8(6-7)13(11)12/h3-6,10,13H,1-2H3. The van der Waals surface area contributed by atoms with Gasteiger partial charge in [-0.05, 0) is 31.5 Å². The maximum absolute atomic E-state index is 10.6. The molecule has 0 bridgehead atoms. The first-order valence-corrected chi connectivity index (χ1v) is 5.06. The summed E-state index contributed by atoms with van der Waals surface area (Å²) in [4.78, 5) is 0.231. The van der Waals surface area contributed by atoms with Crippen LogP contribution in [0.25, 0.3) is 0 Å². The van der Waals surface area contributed by atoms with E-state index in [-0.39, 0.29) is 4.90 Å². The molecular formula is C9H12O3S. The van der Waals surface area contributed by atoms with Crippen molar-refractivity contribution in [3.8, 4) is 0 Å². The molecule has 0 atom stereocenters. The Bertz CT molecular complexity index is 367. The van der Waals surface area contributed by atoms with Gasteiger partial charge in [-0.1, -0.05) is 12.1 Å². The van der Waals surface area contributed by atoms with Crippen LogP contribution in [0, 0.1) is 0 Å². The van der Waals surface area contributed by atoms with Crippen LogP contribution in [0.3, 0.4) is 0 Å². The van der Waals surface area contributed by atoms with Gasteiger partial charge in [-0.25, -0.2) is 8.42 Å². The first-order chi connectivity index (χ1) is 5.91. The highest BCUT2D eigenvalue weighted by Crippen LogP contribution is 2.20. The predicted octanol–water partition coefficient (Wildman–Crippen LogP) is 0.884. The van der Waals surface area contributed by atoms with Gasteiger partial charge in [0.15, 0.2) is 10.7 Å². The molecule has 3 nitrogen and oxygen atoms in total. The van der Waals surface area contributed by atoms with Crippen molar-refractivity contribution in [2.24, 2.45) is 0 Å². The number of thiol groups is 1. The molecule has 0 radical (unpaired) electrons. The summed E-state index contributed by atoms with van der Waals surface area (Å²) in [5.74, 6) is 0. The molecule has 1 aromatic rings. The number of aliphatic hydroxyl groups is 1. The third kappa shape index (κ3) is 2.54. The minimum atomic E-state index is -2.57. The summed E-state index contributed by atoms with van der Waals surface area (Å²) in [6.07, 6.45) is 0. The molecule has 0 aliphatic rings. The molecule has 0 spiro atoms. The van der Waals surface area contributed by atoms with Crippen LogP contribution >= 0.6 is 0 Å². The number of rotatable bonds is 2. The normalized spacial score (nSPS) is 12.0. The van der Waals surface area contributed by atoms with E-state index >= 15 is 0 Å². The Balaban J connectivity index is 3.21. The van der Waals surface area contributed by atoms with Gasteiger partial charge >= 0.3 is 0 Å². The van der Waals surface area contributed by atoms with Crippen LogP contribution in [0.2, 0.25) is 0 Å². The van der Waals surface area contributed by atoms with Gasteiger partial charge in [0.05, 0.1) is 10.5 Å². The van der Waals surface area contributed by atoms with Gasteiger partial charge in [-0.15, -0.1) is 0 Å². The molecule has 0 fully saturated rings. The molecule has 0 saturated heterocycles. The highest BCUT2D eigenvalue weighted by molar-refractivity contribution is 7.72. The van der Waals surface area contributed by atoms with E-state index in [1.807, 2.05) is 0 Å². The van der Waals surface area contributed by atoms with Crippen LogP contribution in [0.15, 0.2) is 29.2 Å². The number of hydrogen-bond acceptors (Lipinski definition) is 3. The van der Waals surface area contributed by atoms with Crippen LogP contribution in [0.5, 0.6) is 0 Å². The summed E-state index contributed by atoms with van der Waals surface area (Å²) < 4.78 is 21.3. The van der Waals surface area contributed by atoms with Crippen LogP contribution in [0.4, 0.5) is 0 Å². The Morgan fingerprint density at radius 1 is 1.31 bits per heavy atom. The first kappa shape index (κ1) is 10.2. The van der Waals surface area contributed by atoms with E-state index in [0.717, 1.165) is 0 Å². The molecule has 0 saturated carbocycles. The molecule has 1 aromatic carbocycles. The topological polar surface area (TPSA) is 54.4 Å². The number of hydrogen-bond donors (Lipinski definition) is 2. The Morgan fingerprint density at radius 3 is 2.38 bits per heavy atom. The molecular weight excluding hydrogens is 188 g/mol. The Labute approximate surface area is 79.0 Å². The van der Waals surface area contributed by atoms with E-state index in [1.54, 1.807) is 26.0 Å². The zero-order valence-electron chi connectivity index (χ0n) is 7.52. The largest absolute Gasteiger partial charge is 0.386 e. The van der Waals surface area contributed by atoms with Crippen LogP contribution in [0.1, 0.15) is 19.4 Å². The van der Waals surface area contributed by atoms with Gasteiger partial charge in [0.2, 0.25) is 0 Å². The summed E-state index contributed by atoms with van der Waals surface area (Å²) >= 11 is 0. The average molecular weight is 200 g/mol. The average Bonchev–Trinajstić information content (AvgIpc) is 2.03. The van der Waals surface area contributed by atoms with Gasteiger partial charge in [0, 0.05) is 0 Å². The molecule has 0 unspecified atom stereocenters. The predicted molar refractivity (Wildman–Crippen MR) is 50.3 cm³/mol. The van der Waals surface area contributed by atoms with Crippen molar-refractivity contribution in [1.29, 1.82) is 0 Å². The molecule has 0 aromatic heterocycles. The summed E-state index contributed by atoms with van der Waals surface area (Å²) in [6.45, 7) is 3.23. The summed E-state index contributed by atoms with van der Waals surface area (Å²) in [7, 11) is -2.57. The fourth-order valence-electron chi connectivity index (χ4n) is 1.00. The maximum Gasteiger partial charge on any atom is 0.168 e. The molecule has 1 N–H and O–H groups in total. The Kier molecular flexibility index (Phi) is 2.73. The summed E-state index contributed by atoms with van der Waals surface area (Å²) in [5, 5.41) is 9.60. The minimum Gasteiger partial charge on any atom is -0.386 e.